The summed E-state index contributed by atoms with van der Waals surface area (Å²) in [4.78, 5) is 16.5. The van der Waals surface area contributed by atoms with Gasteiger partial charge in [0.1, 0.15) is 5.69 Å². The van der Waals surface area contributed by atoms with E-state index in [1.54, 1.807) is 7.05 Å². The number of rotatable bonds is 1. The summed E-state index contributed by atoms with van der Waals surface area (Å²) in [5, 5.41) is 3.76. The topological polar surface area (TPSA) is 42.0 Å². The van der Waals surface area contributed by atoms with Gasteiger partial charge in [-0.25, -0.2) is 4.98 Å². The lowest BCUT2D eigenvalue weighted by Crippen LogP contribution is -2.22. The number of aromatic nitrogens is 1. The fourth-order valence-corrected chi connectivity index (χ4v) is 2.84. The van der Waals surface area contributed by atoms with Crippen LogP contribution in [0.4, 0.5) is 0 Å². The van der Waals surface area contributed by atoms with Gasteiger partial charge in [-0.3, -0.25) is 4.79 Å². The molecule has 0 atom stereocenters. The molecule has 0 saturated heterocycles. The number of carbonyl (C=O) groups is 1. The van der Waals surface area contributed by atoms with Crippen LogP contribution in [0.25, 0.3) is 17.0 Å². The van der Waals surface area contributed by atoms with E-state index in [0.29, 0.717) is 5.69 Å². The monoisotopic (exact) mass is 316 g/mol. The van der Waals surface area contributed by atoms with Crippen LogP contribution in [0, 0.1) is 0 Å². The van der Waals surface area contributed by atoms with Gasteiger partial charge in [0.25, 0.3) is 5.91 Å². The number of hydrogen-bond acceptors (Lipinski definition) is 2. The molecule has 3 nitrogen and oxygen atoms in total. The van der Waals surface area contributed by atoms with E-state index >= 15 is 0 Å². The molecule has 0 radical (unpaired) electrons. The Morgan fingerprint density at radius 1 is 1.42 bits per heavy atom. The van der Waals surface area contributed by atoms with Gasteiger partial charge in [-0.15, -0.1) is 0 Å². The molecule has 2 aromatic rings. The zero-order valence-corrected chi connectivity index (χ0v) is 12.1. The number of allylic oxidation sites excluding steroid dienone is 1. The Hall–Kier alpha value is -1.68. The van der Waals surface area contributed by atoms with Crippen molar-refractivity contribution in [2.75, 3.05) is 7.05 Å². The van der Waals surface area contributed by atoms with Gasteiger partial charge in [-0.05, 0) is 42.2 Å². The first-order chi connectivity index (χ1) is 9.20. The number of pyridine rings is 1. The molecule has 0 fully saturated rings. The third kappa shape index (κ3) is 2.06. The predicted molar refractivity (Wildman–Crippen MR) is 80.2 cm³/mol. The first-order valence-electron chi connectivity index (χ1n) is 6.21. The molecular formula is C15H13BrN2O. The summed E-state index contributed by atoms with van der Waals surface area (Å²) < 4.78 is 1.02. The minimum Gasteiger partial charge on any atom is -0.354 e. The standard InChI is InChI=1S/C15H13BrN2O/c1-17-15(19)14-11-5-3-2-4-10(11)12-8-9(16)6-7-13(12)18-14/h2,4,6-8H,3,5H2,1H3,(H,17,19). The van der Waals surface area contributed by atoms with Crippen LogP contribution < -0.4 is 5.32 Å². The summed E-state index contributed by atoms with van der Waals surface area (Å²) in [6.45, 7) is 0. The summed E-state index contributed by atoms with van der Waals surface area (Å²) in [5.41, 5.74) is 3.58. The second-order valence-electron chi connectivity index (χ2n) is 4.53. The average Bonchev–Trinajstić information content (AvgIpc) is 2.46. The number of halogens is 1. The summed E-state index contributed by atoms with van der Waals surface area (Å²) >= 11 is 3.49. The molecule has 96 valence electrons. The van der Waals surface area contributed by atoms with Crippen molar-refractivity contribution in [1.29, 1.82) is 0 Å². The number of fused-ring (bicyclic) bond motifs is 3. The number of carbonyl (C=O) groups excluding carboxylic acids is 1. The first-order valence-corrected chi connectivity index (χ1v) is 7.01. The molecule has 0 saturated carbocycles. The molecule has 3 rings (SSSR count). The minimum absolute atomic E-state index is 0.114. The van der Waals surface area contributed by atoms with E-state index in [9.17, 15) is 4.79 Å². The number of hydrogen-bond donors (Lipinski definition) is 1. The Labute approximate surface area is 119 Å². The number of amides is 1. The maximum atomic E-state index is 12.0. The molecule has 1 heterocycles. The van der Waals surface area contributed by atoms with Crippen LogP contribution in [-0.2, 0) is 6.42 Å². The minimum atomic E-state index is -0.114. The lowest BCUT2D eigenvalue weighted by Gasteiger charge is -2.16. The predicted octanol–water partition coefficient (Wildman–Crippen LogP) is 3.32. The van der Waals surface area contributed by atoms with Crippen molar-refractivity contribution >= 4 is 38.8 Å². The highest BCUT2D eigenvalue weighted by Crippen LogP contribution is 2.30. The van der Waals surface area contributed by atoms with Crippen LogP contribution in [0.1, 0.15) is 28.0 Å². The van der Waals surface area contributed by atoms with E-state index in [4.69, 9.17) is 0 Å². The lowest BCUT2D eigenvalue weighted by molar-refractivity contribution is 0.0957. The van der Waals surface area contributed by atoms with Crippen molar-refractivity contribution in [2.24, 2.45) is 0 Å². The van der Waals surface area contributed by atoms with Crippen LogP contribution >= 0.6 is 15.9 Å². The van der Waals surface area contributed by atoms with Gasteiger partial charge in [0.15, 0.2) is 0 Å². The van der Waals surface area contributed by atoms with E-state index in [1.165, 1.54) is 0 Å². The molecule has 1 amide bonds. The van der Waals surface area contributed by atoms with Crippen molar-refractivity contribution in [3.63, 3.8) is 0 Å². The first kappa shape index (κ1) is 12.4. The molecular weight excluding hydrogens is 304 g/mol. The molecule has 1 aliphatic carbocycles. The highest BCUT2D eigenvalue weighted by Gasteiger charge is 2.19. The van der Waals surface area contributed by atoms with Gasteiger partial charge in [-0.1, -0.05) is 28.1 Å². The normalized spacial score (nSPS) is 13.4. The number of nitrogens with one attached hydrogen (secondary N) is 1. The molecule has 0 unspecified atom stereocenters. The van der Waals surface area contributed by atoms with Crippen molar-refractivity contribution in [3.8, 4) is 0 Å². The van der Waals surface area contributed by atoms with Gasteiger partial charge >= 0.3 is 0 Å². The van der Waals surface area contributed by atoms with Crippen LogP contribution in [0.3, 0.4) is 0 Å². The summed E-state index contributed by atoms with van der Waals surface area (Å²) in [6.07, 6.45) is 6.07. The second-order valence-corrected chi connectivity index (χ2v) is 5.45. The van der Waals surface area contributed by atoms with E-state index < -0.39 is 0 Å². The third-order valence-electron chi connectivity index (χ3n) is 3.38. The van der Waals surface area contributed by atoms with Gasteiger partial charge in [0.2, 0.25) is 0 Å². The maximum absolute atomic E-state index is 12.0. The largest absolute Gasteiger partial charge is 0.354 e. The average molecular weight is 317 g/mol. The molecule has 0 spiro atoms. The second kappa shape index (κ2) is 4.78. The Morgan fingerprint density at radius 2 is 2.26 bits per heavy atom. The Morgan fingerprint density at radius 3 is 3.05 bits per heavy atom. The number of benzene rings is 1. The molecule has 19 heavy (non-hydrogen) atoms. The Balaban J connectivity index is 2.38. The van der Waals surface area contributed by atoms with E-state index in [2.05, 4.69) is 44.4 Å². The van der Waals surface area contributed by atoms with Gasteiger partial charge in [-0.2, -0.15) is 0 Å². The summed E-state index contributed by atoms with van der Waals surface area (Å²) in [7, 11) is 1.64. The van der Waals surface area contributed by atoms with Gasteiger partial charge in [0, 0.05) is 16.9 Å². The molecule has 1 aromatic carbocycles. The van der Waals surface area contributed by atoms with E-state index in [-0.39, 0.29) is 5.91 Å². The SMILES string of the molecule is CNC(=O)c1nc2ccc(Br)cc2c2c1CCC=C2. The van der Waals surface area contributed by atoms with Crippen molar-refractivity contribution in [3.05, 3.63) is 45.6 Å². The smallest absolute Gasteiger partial charge is 0.269 e. The number of nitrogens with zero attached hydrogens (tertiary/aromatic N) is 1. The molecule has 1 aliphatic rings. The molecule has 1 N–H and O–H groups in total. The fraction of sp³-hybridized carbons (Fsp3) is 0.200. The molecule has 1 aromatic heterocycles. The van der Waals surface area contributed by atoms with Gasteiger partial charge in [0.05, 0.1) is 5.52 Å². The van der Waals surface area contributed by atoms with Crippen LogP contribution in [-0.4, -0.2) is 17.9 Å². The van der Waals surface area contributed by atoms with Gasteiger partial charge < -0.3 is 5.32 Å². The van der Waals surface area contributed by atoms with Crippen molar-refractivity contribution in [2.45, 2.75) is 12.8 Å². The van der Waals surface area contributed by atoms with E-state index in [1.807, 2.05) is 12.1 Å². The quantitative estimate of drug-likeness (QED) is 0.877. The molecule has 4 heteroatoms. The maximum Gasteiger partial charge on any atom is 0.269 e. The fourth-order valence-electron chi connectivity index (χ4n) is 2.48. The lowest BCUT2D eigenvalue weighted by atomic mass is 9.92. The van der Waals surface area contributed by atoms with E-state index in [0.717, 1.165) is 39.3 Å². The highest BCUT2D eigenvalue weighted by atomic mass is 79.9. The summed E-state index contributed by atoms with van der Waals surface area (Å²) in [5.74, 6) is -0.114. The highest BCUT2D eigenvalue weighted by molar-refractivity contribution is 9.10. The van der Waals surface area contributed by atoms with Crippen molar-refractivity contribution in [1.82, 2.24) is 10.3 Å². The summed E-state index contributed by atoms with van der Waals surface area (Å²) in [6, 6.07) is 5.95. The van der Waals surface area contributed by atoms with Crippen LogP contribution in [0.15, 0.2) is 28.7 Å². The Bertz CT molecular complexity index is 707. The van der Waals surface area contributed by atoms with Crippen molar-refractivity contribution < 1.29 is 4.79 Å². The zero-order valence-electron chi connectivity index (χ0n) is 10.5. The van der Waals surface area contributed by atoms with Crippen LogP contribution in [0.5, 0.6) is 0 Å². The molecule has 0 aliphatic heterocycles. The third-order valence-corrected chi connectivity index (χ3v) is 3.87. The zero-order chi connectivity index (χ0) is 13.4. The molecule has 0 bridgehead atoms. The van der Waals surface area contributed by atoms with Crippen LogP contribution in [0.2, 0.25) is 0 Å². The Kier molecular flexibility index (Phi) is 3.11.